The van der Waals surface area contributed by atoms with Gasteiger partial charge in [0, 0.05) is 6.54 Å². The van der Waals surface area contributed by atoms with Crippen LogP contribution < -0.4 is 9.46 Å². The number of azo groups is 1. The van der Waals surface area contributed by atoms with Crippen LogP contribution in [-0.4, -0.2) is 33.1 Å². The Balaban J connectivity index is 2.27. The minimum atomic E-state index is -3.94. The van der Waals surface area contributed by atoms with Gasteiger partial charge in [0.25, 0.3) is 0 Å². The predicted octanol–water partition coefficient (Wildman–Crippen LogP) is 2.86. The maximum atomic E-state index is 12.4. The highest BCUT2D eigenvalue weighted by Gasteiger charge is 2.20. The molecule has 132 valence electrons. The van der Waals surface area contributed by atoms with Crippen molar-refractivity contribution in [3.8, 4) is 5.75 Å². The third kappa shape index (κ3) is 5.37. The van der Waals surface area contributed by atoms with E-state index in [9.17, 15) is 13.2 Å². The van der Waals surface area contributed by atoms with E-state index in [4.69, 9.17) is 9.84 Å². The van der Waals surface area contributed by atoms with Crippen LogP contribution in [-0.2, 0) is 14.8 Å². The standard InChI is InChI=1S/C16H17N3O5S/c1-24-14-8-7-13(19-18-12-5-3-2-4-6-12)11-15(14)25(22,23)17-10-9-16(20)21/h2-8,11,17H,9-10H2,1H3,(H,20,21). The summed E-state index contributed by atoms with van der Waals surface area (Å²) in [5.41, 5.74) is 0.950. The van der Waals surface area contributed by atoms with Crippen molar-refractivity contribution in [3.05, 3.63) is 48.5 Å². The summed E-state index contributed by atoms with van der Waals surface area (Å²) in [6.07, 6.45) is -0.324. The molecular weight excluding hydrogens is 346 g/mol. The van der Waals surface area contributed by atoms with Gasteiger partial charge in [-0.05, 0) is 30.3 Å². The molecule has 0 bridgehead atoms. The smallest absolute Gasteiger partial charge is 0.304 e. The van der Waals surface area contributed by atoms with E-state index in [1.54, 1.807) is 18.2 Å². The van der Waals surface area contributed by atoms with Crippen LogP contribution in [0.2, 0.25) is 0 Å². The average molecular weight is 363 g/mol. The quantitative estimate of drug-likeness (QED) is 0.699. The molecule has 2 aromatic carbocycles. The lowest BCUT2D eigenvalue weighted by Gasteiger charge is -2.10. The van der Waals surface area contributed by atoms with Crippen molar-refractivity contribution in [2.45, 2.75) is 11.3 Å². The number of carbonyl (C=O) groups is 1. The summed E-state index contributed by atoms with van der Waals surface area (Å²) >= 11 is 0. The van der Waals surface area contributed by atoms with E-state index < -0.39 is 16.0 Å². The van der Waals surface area contributed by atoms with Crippen molar-refractivity contribution in [1.82, 2.24) is 4.72 Å². The van der Waals surface area contributed by atoms with Crippen LogP contribution in [0.25, 0.3) is 0 Å². The third-order valence-electron chi connectivity index (χ3n) is 3.10. The monoisotopic (exact) mass is 363 g/mol. The second-order valence-corrected chi connectivity index (χ2v) is 6.65. The van der Waals surface area contributed by atoms with Gasteiger partial charge in [0.2, 0.25) is 10.0 Å². The van der Waals surface area contributed by atoms with Crippen LogP contribution >= 0.6 is 0 Å². The average Bonchev–Trinajstić information content (AvgIpc) is 2.60. The van der Waals surface area contributed by atoms with Crippen LogP contribution in [0.5, 0.6) is 5.75 Å². The van der Waals surface area contributed by atoms with E-state index in [0.717, 1.165) is 0 Å². The van der Waals surface area contributed by atoms with Gasteiger partial charge in [-0.3, -0.25) is 4.79 Å². The van der Waals surface area contributed by atoms with Gasteiger partial charge in [0.15, 0.2) is 0 Å². The molecule has 8 nitrogen and oxygen atoms in total. The van der Waals surface area contributed by atoms with Gasteiger partial charge in [0.1, 0.15) is 10.6 Å². The number of ether oxygens (including phenoxy) is 1. The molecule has 2 N–H and O–H groups in total. The third-order valence-corrected chi connectivity index (χ3v) is 4.59. The molecule has 0 aliphatic carbocycles. The van der Waals surface area contributed by atoms with Crippen molar-refractivity contribution in [2.75, 3.05) is 13.7 Å². The zero-order chi connectivity index (χ0) is 18.3. The minimum Gasteiger partial charge on any atom is -0.495 e. The Bertz CT molecular complexity index is 867. The summed E-state index contributed by atoms with van der Waals surface area (Å²) in [7, 11) is -2.60. The maximum Gasteiger partial charge on any atom is 0.304 e. The van der Waals surface area contributed by atoms with Crippen molar-refractivity contribution in [2.24, 2.45) is 10.2 Å². The summed E-state index contributed by atoms with van der Waals surface area (Å²) in [6.45, 7) is -0.226. The first-order chi connectivity index (χ1) is 11.9. The molecule has 2 aromatic rings. The highest BCUT2D eigenvalue weighted by molar-refractivity contribution is 7.89. The fourth-order valence-electron chi connectivity index (χ4n) is 1.92. The number of nitrogens with one attached hydrogen (secondary N) is 1. The molecule has 0 atom stereocenters. The Morgan fingerprint density at radius 2 is 1.80 bits per heavy atom. The number of hydrogen-bond acceptors (Lipinski definition) is 6. The Kier molecular flexibility index (Phi) is 6.20. The van der Waals surface area contributed by atoms with Gasteiger partial charge in [-0.25, -0.2) is 13.1 Å². The van der Waals surface area contributed by atoms with Gasteiger partial charge in [0.05, 0.1) is 24.9 Å². The normalized spacial score (nSPS) is 11.6. The minimum absolute atomic E-state index is 0.126. The number of rotatable bonds is 8. The summed E-state index contributed by atoms with van der Waals surface area (Å²) in [5, 5.41) is 16.7. The maximum absolute atomic E-state index is 12.4. The number of aliphatic carboxylic acids is 1. The zero-order valence-corrected chi connectivity index (χ0v) is 14.2. The molecule has 25 heavy (non-hydrogen) atoms. The summed E-state index contributed by atoms with van der Waals surface area (Å²) in [5.74, 6) is -0.971. The number of sulfonamides is 1. The lowest BCUT2D eigenvalue weighted by molar-refractivity contribution is -0.136. The van der Waals surface area contributed by atoms with E-state index in [-0.39, 0.29) is 23.6 Å². The van der Waals surface area contributed by atoms with Crippen LogP contribution in [0.3, 0.4) is 0 Å². The topological polar surface area (TPSA) is 117 Å². The van der Waals surface area contributed by atoms with E-state index in [0.29, 0.717) is 11.4 Å². The van der Waals surface area contributed by atoms with Crippen LogP contribution in [0.15, 0.2) is 63.7 Å². The van der Waals surface area contributed by atoms with Crippen LogP contribution in [0.1, 0.15) is 6.42 Å². The van der Waals surface area contributed by atoms with Gasteiger partial charge < -0.3 is 9.84 Å². The molecule has 0 aromatic heterocycles. The van der Waals surface area contributed by atoms with E-state index in [1.807, 2.05) is 18.2 Å². The first-order valence-electron chi connectivity index (χ1n) is 7.28. The summed E-state index contributed by atoms with van der Waals surface area (Å²) in [6, 6.07) is 13.3. The van der Waals surface area contributed by atoms with Gasteiger partial charge in [-0.15, -0.1) is 0 Å². The second-order valence-electron chi connectivity index (χ2n) is 4.91. The van der Waals surface area contributed by atoms with E-state index >= 15 is 0 Å². The number of carboxylic acids is 1. The van der Waals surface area contributed by atoms with Crippen molar-refractivity contribution >= 4 is 27.4 Å². The van der Waals surface area contributed by atoms with Crippen molar-refractivity contribution < 1.29 is 23.1 Å². The first-order valence-corrected chi connectivity index (χ1v) is 8.77. The Hall–Kier alpha value is -2.78. The number of benzene rings is 2. The molecule has 0 saturated carbocycles. The Labute approximate surface area is 145 Å². The Morgan fingerprint density at radius 1 is 1.12 bits per heavy atom. The number of hydrogen-bond donors (Lipinski definition) is 2. The lowest BCUT2D eigenvalue weighted by Crippen LogP contribution is -2.26. The lowest BCUT2D eigenvalue weighted by atomic mass is 10.3. The summed E-state index contributed by atoms with van der Waals surface area (Å²) < 4.78 is 32.0. The molecule has 0 aliphatic rings. The molecule has 0 fully saturated rings. The number of carboxylic acid groups (broad SMARTS) is 1. The van der Waals surface area contributed by atoms with Crippen molar-refractivity contribution in [3.63, 3.8) is 0 Å². The fourth-order valence-corrected chi connectivity index (χ4v) is 3.14. The second kappa shape index (κ2) is 8.36. The molecule has 2 rings (SSSR count). The van der Waals surface area contributed by atoms with E-state index in [1.165, 1.54) is 19.2 Å². The predicted molar refractivity (Wildman–Crippen MR) is 91.1 cm³/mol. The SMILES string of the molecule is COc1ccc(N=Nc2ccccc2)cc1S(=O)(=O)NCCC(=O)O. The molecule has 9 heteroatoms. The van der Waals surface area contributed by atoms with Gasteiger partial charge in [-0.1, -0.05) is 18.2 Å². The first kappa shape index (κ1) is 18.6. The number of methoxy groups -OCH3 is 1. The molecule has 0 saturated heterocycles. The highest BCUT2D eigenvalue weighted by atomic mass is 32.2. The van der Waals surface area contributed by atoms with Gasteiger partial charge >= 0.3 is 5.97 Å². The van der Waals surface area contributed by atoms with E-state index in [2.05, 4.69) is 15.0 Å². The molecule has 0 heterocycles. The largest absolute Gasteiger partial charge is 0.495 e. The molecular formula is C16H17N3O5S. The molecule has 0 spiro atoms. The van der Waals surface area contributed by atoms with Gasteiger partial charge in [-0.2, -0.15) is 10.2 Å². The van der Waals surface area contributed by atoms with Crippen LogP contribution in [0, 0.1) is 0 Å². The molecule has 0 radical (unpaired) electrons. The molecule has 0 amide bonds. The Morgan fingerprint density at radius 3 is 2.44 bits per heavy atom. The number of nitrogens with zero attached hydrogens (tertiary/aromatic N) is 2. The molecule has 0 unspecified atom stereocenters. The summed E-state index contributed by atoms with van der Waals surface area (Å²) in [4.78, 5) is 10.4. The molecule has 0 aliphatic heterocycles. The van der Waals surface area contributed by atoms with Crippen molar-refractivity contribution in [1.29, 1.82) is 0 Å². The van der Waals surface area contributed by atoms with Crippen LogP contribution in [0.4, 0.5) is 11.4 Å². The zero-order valence-electron chi connectivity index (χ0n) is 13.4. The highest BCUT2D eigenvalue weighted by Crippen LogP contribution is 2.29. The fraction of sp³-hybridized carbons (Fsp3) is 0.188.